The van der Waals surface area contributed by atoms with Crippen molar-refractivity contribution in [2.24, 2.45) is 0 Å². The van der Waals surface area contributed by atoms with Crippen LogP contribution in [0.5, 0.6) is 11.5 Å². The Morgan fingerprint density at radius 3 is 2.38 bits per heavy atom. The van der Waals surface area contributed by atoms with Crippen LogP contribution in [0.3, 0.4) is 0 Å². The van der Waals surface area contributed by atoms with Crippen molar-refractivity contribution in [3.8, 4) is 17.2 Å². The van der Waals surface area contributed by atoms with Gasteiger partial charge in [-0.2, -0.15) is 0 Å². The van der Waals surface area contributed by atoms with Crippen LogP contribution in [-0.4, -0.2) is 29.7 Å². The Morgan fingerprint density at radius 2 is 1.72 bits per heavy atom. The summed E-state index contributed by atoms with van der Waals surface area (Å²) >= 11 is 0. The molecule has 2 heterocycles. The smallest absolute Gasteiger partial charge is 0.272 e. The molecule has 0 fully saturated rings. The van der Waals surface area contributed by atoms with Crippen LogP contribution in [0.15, 0.2) is 71.8 Å². The number of methoxy groups -OCH3 is 2. The minimum Gasteiger partial charge on any atom is -0.497 e. The van der Waals surface area contributed by atoms with Gasteiger partial charge in [0.15, 0.2) is 5.43 Å². The molecule has 0 atom stereocenters. The highest BCUT2D eigenvalue weighted by molar-refractivity contribution is 6.04. The Kier molecular flexibility index (Phi) is 4.78. The maximum absolute atomic E-state index is 12.7. The number of nitrogens with one attached hydrogen (secondary N) is 2. The number of ether oxygens (including phenoxy) is 2. The van der Waals surface area contributed by atoms with Gasteiger partial charge in [0.2, 0.25) is 0 Å². The van der Waals surface area contributed by atoms with E-state index in [2.05, 4.69) is 10.3 Å². The molecule has 0 saturated heterocycles. The zero-order valence-electron chi connectivity index (χ0n) is 15.9. The van der Waals surface area contributed by atoms with Gasteiger partial charge in [-0.25, -0.2) is 0 Å². The average Bonchev–Trinajstić information content (AvgIpc) is 3.28. The number of pyridine rings is 1. The molecule has 0 bridgehead atoms. The SMILES string of the molecule is COc1cc(OC)c2c(=O)cc(C(=O)Nc3ccc(-n4cccc4)cc3)[nH]c2c1. The first-order chi connectivity index (χ1) is 14.1. The van der Waals surface area contributed by atoms with E-state index in [-0.39, 0.29) is 11.1 Å². The van der Waals surface area contributed by atoms with Gasteiger partial charge >= 0.3 is 0 Å². The summed E-state index contributed by atoms with van der Waals surface area (Å²) in [7, 11) is 3.00. The second kappa shape index (κ2) is 7.55. The van der Waals surface area contributed by atoms with Gasteiger partial charge in [0.25, 0.3) is 5.91 Å². The second-order valence-electron chi connectivity index (χ2n) is 6.39. The fourth-order valence-electron chi connectivity index (χ4n) is 3.15. The van der Waals surface area contributed by atoms with E-state index in [1.807, 2.05) is 41.2 Å². The molecule has 0 aliphatic carbocycles. The molecule has 0 aliphatic rings. The minimum absolute atomic E-state index is 0.146. The van der Waals surface area contributed by atoms with E-state index in [9.17, 15) is 9.59 Å². The van der Waals surface area contributed by atoms with E-state index in [0.29, 0.717) is 28.1 Å². The van der Waals surface area contributed by atoms with Crippen LogP contribution in [0.1, 0.15) is 10.5 Å². The molecule has 0 aliphatic heterocycles. The van der Waals surface area contributed by atoms with Crippen LogP contribution in [0.2, 0.25) is 0 Å². The molecule has 0 saturated carbocycles. The van der Waals surface area contributed by atoms with Crippen LogP contribution in [0, 0.1) is 0 Å². The van der Waals surface area contributed by atoms with Crippen molar-refractivity contribution in [2.45, 2.75) is 0 Å². The quantitative estimate of drug-likeness (QED) is 0.546. The number of anilines is 1. The number of aromatic nitrogens is 2. The number of benzene rings is 2. The van der Waals surface area contributed by atoms with Crippen molar-refractivity contribution in [2.75, 3.05) is 19.5 Å². The van der Waals surface area contributed by atoms with E-state index < -0.39 is 5.91 Å². The number of aromatic amines is 1. The van der Waals surface area contributed by atoms with Crippen LogP contribution in [0.4, 0.5) is 5.69 Å². The van der Waals surface area contributed by atoms with Crippen LogP contribution in [0.25, 0.3) is 16.6 Å². The lowest BCUT2D eigenvalue weighted by Gasteiger charge is -2.11. The summed E-state index contributed by atoms with van der Waals surface area (Å²) in [5.74, 6) is 0.482. The summed E-state index contributed by atoms with van der Waals surface area (Å²) in [4.78, 5) is 28.3. The molecule has 29 heavy (non-hydrogen) atoms. The number of H-pyrrole nitrogens is 1. The molecule has 2 N–H and O–H groups in total. The molecule has 2 aromatic heterocycles. The Bertz CT molecular complexity index is 1230. The van der Waals surface area contributed by atoms with Gasteiger partial charge in [-0.05, 0) is 36.4 Å². The van der Waals surface area contributed by atoms with Crippen LogP contribution < -0.4 is 20.2 Å². The highest BCUT2D eigenvalue weighted by atomic mass is 16.5. The summed E-state index contributed by atoms with van der Waals surface area (Å²) in [6.07, 6.45) is 3.88. The van der Waals surface area contributed by atoms with Gasteiger partial charge in [0, 0.05) is 42.0 Å². The van der Waals surface area contributed by atoms with Crippen LogP contribution in [-0.2, 0) is 0 Å². The Morgan fingerprint density at radius 1 is 1.00 bits per heavy atom. The molecular weight excluding hydrogens is 370 g/mol. The highest BCUT2D eigenvalue weighted by Gasteiger charge is 2.14. The first-order valence-corrected chi connectivity index (χ1v) is 8.93. The van der Waals surface area contributed by atoms with Crippen molar-refractivity contribution < 1.29 is 14.3 Å². The normalized spacial score (nSPS) is 10.7. The summed E-state index contributed by atoms with van der Waals surface area (Å²) < 4.78 is 12.5. The predicted molar refractivity (Wildman–Crippen MR) is 111 cm³/mol. The maximum atomic E-state index is 12.7. The van der Waals surface area contributed by atoms with E-state index in [4.69, 9.17) is 9.47 Å². The number of hydrogen-bond donors (Lipinski definition) is 2. The van der Waals surface area contributed by atoms with Gasteiger partial charge in [-0.15, -0.1) is 0 Å². The van der Waals surface area contributed by atoms with Crippen molar-refractivity contribution in [3.05, 3.63) is 82.9 Å². The number of amides is 1. The van der Waals surface area contributed by atoms with E-state index >= 15 is 0 Å². The van der Waals surface area contributed by atoms with Gasteiger partial charge < -0.3 is 24.3 Å². The third-order valence-electron chi connectivity index (χ3n) is 4.59. The van der Waals surface area contributed by atoms with E-state index in [1.54, 1.807) is 24.3 Å². The third kappa shape index (κ3) is 3.58. The van der Waals surface area contributed by atoms with E-state index in [0.717, 1.165) is 5.69 Å². The lowest BCUT2D eigenvalue weighted by atomic mass is 10.1. The van der Waals surface area contributed by atoms with Crippen molar-refractivity contribution in [3.63, 3.8) is 0 Å². The zero-order chi connectivity index (χ0) is 20.4. The highest BCUT2D eigenvalue weighted by Crippen LogP contribution is 2.28. The Balaban J connectivity index is 1.64. The lowest BCUT2D eigenvalue weighted by Crippen LogP contribution is -2.17. The monoisotopic (exact) mass is 389 g/mol. The molecule has 1 amide bonds. The fourth-order valence-corrected chi connectivity index (χ4v) is 3.15. The average molecular weight is 389 g/mol. The number of carbonyl (C=O) groups excluding carboxylic acids is 1. The van der Waals surface area contributed by atoms with Gasteiger partial charge in [-0.1, -0.05) is 0 Å². The van der Waals surface area contributed by atoms with Crippen molar-refractivity contribution in [1.82, 2.24) is 9.55 Å². The second-order valence-corrected chi connectivity index (χ2v) is 6.39. The predicted octanol–water partition coefficient (Wildman–Crippen LogP) is 3.59. The molecule has 0 spiro atoms. The molecular formula is C22H19N3O4. The molecule has 4 aromatic rings. The van der Waals surface area contributed by atoms with Gasteiger partial charge in [0.1, 0.15) is 17.2 Å². The molecule has 7 nitrogen and oxygen atoms in total. The van der Waals surface area contributed by atoms with Crippen molar-refractivity contribution >= 4 is 22.5 Å². The number of carbonyl (C=O) groups is 1. The summed E-state index contributed by atoms with van der Waals surface area (Å²) in [5, 5.41) is 3.16. The largest absolute Gasteiger partial charge is 0.497 e. The minimum atomic E-state index is -0.417. The molecule has 2 aromatic carbocycles. The third-order valence-corrected chi connectivity index (χ3v) is 4.59. The first kappa shape index (κ1) is 18.4. The first-order valence-electron chi connectivity index (χ1n) is 8.93. The number of fused-ring (bicyclic) bond motifs is 1. The topological polar surface area (TPSA) is 85.3 Å². The number of hydrogen-bond acceptors (Lipinski definition) is 4. The van der Waals surface area contributed by atoms with E-state index in [1.165, 1.54) is 20.3 Å². The lowest BCUT2D eigenvalue weighted by molar-refractivity contribution is 0.102. The Labute approximate surface area is 166 Å². The standard InChI is InChI=1S/C22H19N3O4/c1-28-16-11-17-21(20(12-16)29-2)19(26)13-18(24-17)22(27)23-14-5-7-15(8-6-14)25-9-3-4-10-25/h3-13H,1-2H3,(H,23,27)(H,24,26). The maximum Gasteiger partial charge on any atom is 0.272 e. The van der Waals surface area contributed by atoms with Crippen LogP contribution >= 0.6 is 0 Å². The molecule has 0 unspecified atom stereocenters. The molecule has 146 valence electrons. The fraction of sp³-hybridized carbons (Fsp3) is 0.0909. The molecule has 7 heteroatoms. The van der Waals surface area contributed by atoms with Gasteiger partial charge in [-0.3, -0.25) is 9.59 Å². The number of rotatable bonds is 5. The summed E-state index contributed by atoms with van der Waals surface area (Å²) in [6.45, 7) is 0. The summed E-state index contributed by atoms with van der Waals surface area (Å²) in [5.41, 5.74) is 1.89. The number of nitrogens with zero attached hydrogens (tertiary/aromatic N) is 1. The van der Waals surface area contributed by atoms with Crippen molar-refractivity contribution in [1.29, 1.82) is 0 Å². The molecule has 0 radical (unpaired) electrons. The van der Waals surface area contributed by atoms with Gasteiger partial charge in [0.05, 0.1) is 25.1 Å². The molecule has 4 rings (SSSR count). The zero-order valence-corrected chi connectivity index (χ0v) is 15.9. The summed E-state index contributed by atoms with van der Waals surface area (Å²) in [6, 6.07) is 15.8. The Hall–Kier alpha value is -4.00.